The Bertz CT molecular complexity index is 1050. The number of halogens is 2. The van der Waals surface area contributed by atoms with Crippen molar-refractivity contribution in [1.29, 1.82) is 0 Å². The van der Waals surface area contributed by atoms with E-state index in [0.717, 1.165) is 22.5 Å². The van der Waals surface area contributed by atoms with Crippen molar-refractivity contribution in [2.24, 2.45) is 4.99 Å². The number of allylic oxidation sites excluding steroid dienone is 1. The van der Waals surface area contributed by atoms with Crippen LogP contribution in [0.15, 0.2) is 51.9 Å². The van der Waals surface area contributed by atoms with E-state index in [1.165, 1.54) is 0 Å². The summed E-state index contributed by atoms with van der Waals surface area (Å²) in [5, 5.41) is 11.0. The predicted molar refractivity (Wildman–Crippen MR) is 101 cm³/mol. The zero-order valence-electron chi connectivity index (χ0n) is 13.1. The minimum Gasteiger partial charge on any atom is -0.479 e. The molecule has 0 unspecified atom stereocenters. The van der Waals surface area contributed by atoms with Gasteiger partial charge in [-0.15, -0.1) is 0 Å². The predicted octanol–water partition coefficient (Wildman–Crippen LogP) is 6.00. The third-order valence-corrected chi connectivity index (χ3v) is 4.69. The number of hydrogen-bond donors (Lipinski definition) is 1. The number of fused-ring (bicyclic) bond motifs is 1. The molecule has 0 aliphatic carbocycles. The Balaban J connectivity index is 1.77. The quantitative estimate of drug-likeness (QED) is 0.601. The van der Waals surface area contributed by atoms with Gasteiger partial charge in [0.1, 0.15) is 5.69 Å². The number of aromatic hydroxyl groups is 1. The molecule has 2 aromatic carbocycles. The zero-order valence-corrected chi connectivity index (χ0v) is 14.6. The van der Waals surface area contributed by atoms with Crippen molar-refractivity contribution in [3.8, 4) is 17.4 Å². The normalized spacial score (nSPS) is 14.7. The molecule has 2 heterocycles. The molecular weight excluding hydrogens is 359 g/mol. The maximum absolute atomic E-state index is 10.1. The topological polar surface area (TPSA) is 58.6 Å². The average Bonchev–Trinajstić information content (AvgIpc) is 3.11. The van der Waals surface area contributed by atoms with Gasteiger partial charge in [-0.3, -0.25) is 4.99 Å². The lowest BCUT2D eigenvalue weighted by Gasteiger charge is -1.99. The summed E-state index contributed by atoms with van der Waals surface area (Å²) in [6.07, 6.45) is 1.77. The third kappa shape index (κ3) is 2.84. The van der Waals surface area contributed by atoms with E-state index < -0.39 is 0 Å². The van der Waals surface area contributed by atoms with E-state index in [2.05, 4.69) is 9.98 Å². The number of para-hydroxylation sites is 1. The van der Waals surface area contributed by atoms with Crippen LogP contribution in [0.5, 0.6) is 5.95 Å². The van der Waals surface area contributed by atoms with Gasteiger partial charge in [-0.1, -0.05) is 41.4 Å². The number of hydrogen-bond acceptors (Lipinski definition) is 4. The van der Waals surface area contributed by atoms with Crippen LogP contribution in [0.3, 0.4) is 0 Å². The van der Waals surface area contributed by atoms with E-state index in [1.807, 2.05) is 31.2 Å². The highest BCUT2D eigenvalue weighted by Gasteiger charge is 2.20. The Kier molecular flexibility index (Phi) is 3.86. The smallest absolute Gasteiger partial charge is 0.310 e. The first-order valence-electron chi connectivity index (χ1n) is 7.55. The molecule has 0 spiro atoms. The van der Waals surface area contributed by atoms with Gasteiger partial charge in [0, 0.05) is 22.4 Å². The lowest BCUT2D eigenvalue weighted by Crippen LogP contribution is -1.90. The molecule has 4 nitrogen and oxygen atoms in total. The lowest BCUT2D eigenvalue weighted by molar-refractivity contribution is 0.336. The van der Waals surface area contributed by atoms with E-state index in [4.69, 9.17) is 27.6 Å². The molecule has 0 saturated carbocycles. The second-order valence-electron chi connectivity index (χ2n) is 5.61. The van der Waals surface area contributed by atoms with Crippen molar-refractivity contribution in [3.05, 3.63) is 63.8 Å². The van der Waals surface area contributed by atoms with Crippen LogP contribution in [0.2, 0.25) is 10.0 Å². The van der Waals surface area contributed by atoms with Crippen molar-refractivity contribution in [3.63, 3.8) is 0 Å². The molecule has 0 radical (unpaired) electrons. The number of aliphatic imine (C=N–C) groups is 1. The van der Waals surface area contributed by atoms with Gasteiger partial charge in [-0.05, 0) is 37.3 Å². The van der Waals surface area contributed by atoms with Gasteiger partial charge in [-0.25, -0.2) is 4.98 Å². The summed E-state index contributed by atoms with van der Waals surface area (Å²) < 4.78 is 5.39. The fourth-order valence-electron chi connectivity index (χ4n) is 2.72. The van der Waals surface area contributed by atoms with Crippen molar-refractivity contribution in [2.45, 2.75) is 6.92 Å². The molecule has 124 valence electrons. The number of nitrogens with zero attached hydrogens (tertiary/aromatic N) is 2. The first-order chi connectivity index (χ1) is 12.0. The minimum atomic E-state index is -0.259. The Morgan fingerprint density at radius 1 is 1.08 bits per heavy atom. The molecule has 4 rings (SSSR count). The van der Waals surface area contributed by atoms with Gasteiger partial charge in [0.15, 0.2) is 0 Å². The highest BCUT2D eigenvalue weighted by molar-refractivity contribution is 6.42. The molecule has 1 aliphatic rings. The first kappa shape index (κ1) is 15.9. The van der Waals surface area contributed by atoms with E-state index in [-0.39, 0.29) is 11.8 Å². The van der Waals surface area contributed by atoms with Gasteiger partial charge in [0.25, 0.3) is 0 Å². The minimum absolute atomic E-state index is 0.259. The van der Waals surface area contributed by atoms with E-state index in [9.17, 15) is 5.11 Å². The molecule has 0 bridgehead atoms. The van der Waals surface area contributed by atoms with E-state index in [0.29, 0.717) is 21.3 Å². The summed E-state index contributed by atoms with van der Waals surface area (Å²) in [6.45, 7) is 1.92. The molecule has 0 saturated heterocycles. The average molecular weight is 371 g/mol. The highest BCUT2D eigenvalue weighted by Crippen LogP contribution is 2.37. The van der Waals surface area contributed by atoms with E-state index in [1.54, 1.807) is 24.3 Å². The van der Waals surface area contributed by atoms with Gasteiger partial charge in [-0.2, -0.15) is 0 Å². The summed E-state index contributed by atoms with van der Waals surface area (Å²) in [7, 11) is 0. The van der Waals surface area contributed by atoms with Crippen LogP contribution in [0.1, 0.15) is 18.2 Å². The van der Waals surface area contributed by atoms with E-state index >= 15 is 0 Å². The van der Waals surface area contributed by atoms with Crippen molar-refractivity contribution in [2.75, 3.05) is 0 Å². The number of benzene rings is 2. The lowest BCUT2D eigenvalue weighted by atomic mass is 10.0. The second-order valence-corrected chi connectivity index (χ2v) is 6.43. The second kappa shape index (κ2) is 6.06. The highest BCUT2D eigenvalue weighted by atomic mass is 35.5. The molecule has 0 fully saturated rings. The zero-order chi connectivity index (χ0) is 17.6. The van der Waals surface area contributed by atoms with Crippen molar-refractivity contribution >= 4 is 46.3 Å². The van der Waals surface area contributed by atoms with Crippen molar-refractivity contribution < 1.29 is 9.52 Å². The number of rotatable bonds is 2. The molecule has 1 aliphatic heterocycles. The Labute approximate surface area is 154 Å². The maximum atomic E-state index is 10.1. The third-order valence-electron chi connectivity index (χ3n) is 3.95. The fourth-order valence-corrected chi connectivity index (χ4v) is 3.02. The van der Waals surface area contributed by atoms with Crippen LogP contribution in [0, 0.1) is 0 Å². The van der Waals surface area contributed by atoms with Gasteiger partial charge in [0.2, 0.25) is 5.89 Å². The van der Waals surface area contributed by atoms with Crippen LogP contribution in [-0.4, -0.2) is 15.8 Å². The monoisotopic (exact) mass is 370 g/mol. The van der Waals surface area contributed by atoms with Crippen LogP contribution >= 0.6 is 23.2 Å². The Hall–Kier alpha value is -2.56. The van der Waals surface area contributed by atoms with Crippen LogP contribution < -0.4 is 0 Å². The van der Waals surface area contributed by atoms with Crippen molar-refractivity contribution in [1.82, 2.24) is 4.98 Å². The number of oxazole rings is 1. The summed E-state index contributed by atoms with van der Waals surface area (Å²) >= 11 is 12.0. The van der Waals surface area contributed by atoms with Gasteiger partial charge >= 0.3 is 5.95 Å². The molecule has 1 N–H and O–H groups in total. The van der Waals surface area contributed by atoms with Crippen LogP contribution in [0.4, 0.5) is 5.69 Å². The number of aromatic nitrogens is 1. The molecule has 25 heavy (non-hydrogen) atoms. The first-order valence-corrected chi connectivity index (χ1v) is 8.30. The molecule has 3 aromatic rings. The molecule has 6 heteroatoms. The summed E-state index contributed by atoms with van der Waals surface area (Å²) in [5.74, 6) is 0.00884. The fraction of sp³-hybridized carbons (Fsp3) is 0.0526. The van der Waals surface area contributed by atoms with Crippen LogP contribution in [0.25, 0.3) is 23.1 Å². The molecule has 0 amide bonds. The summed E-state index contributed by atoms with van der Waals surface area (Å²) in [4.78, 5) is 8.89. The molecule has 0 atom stereocenters. The largest absolute Gasteiger partial charge is 0.479 e. The molecular formula is C19H12Cl2N2O2. The van der Waals surface area contributed by atoms with Gasteiger partial charge < -0.3 is 9.52 Å². The molecule has 1 aromatic heterocycles. The van der Waals surface area contributed by atoms with Gasteiger partial charge in [0.05, 0.1) is 15.7 Å². The SMILES string of the molecule is CC1=Nc2ccccc2/C1=C/c1nc(-c2ccc(Cl)c(Cl)c2)oc1O. The Morgan fingerprint density at radius 3 is 2.68 bits per heavy atom. The Morgan fingerprint density at radius 2 is 1.88 bits per heavy atom. The summed E-state index contributed by atoms with van der Waals surface area (Å²) in [5.41, 5.74) is 4.63. The maximum Gasteiger partial charge on any atom is 0.310 e. The van der Waals surface area contributed by atoms with Crippen LogP contribution in [-0.2, 0) is 0 Å². The summed E-state index contributed by atoms with van der Waals surface area (Å²) in [6, 6.07) is 12.8. The standard InChI is InChI=1S/C19H12Cl2N2O2/c1-10-13(12-4-2-3-5-16(12)22-10)9-17-19(24)25-18(23-17)11-6-7-14(20)15(21)8-11/h2-9,24H,1H3/b13-9+.